The number of rotatable bonds is 9. The third kappa shape index (κ3) is 7.24. The highest BCUT2D eigenvalue weighted by molar-refractivity contribution is 5.83. The first kappa shape index (κ1) is 16.9. The van der Waals surface area contributed by atoms with Crippen LogP contribution in [0, 0.1) is 11.8 Å². The molecule has 6 heteroatoms. The van der Waals surface area contributed by atoms with Crippen molar-refractivity contribution in [3.8, 4) is 0 Å². The molecule has 106 valence electrons. The molecule has 0 aromatic carbocycles. The Morgan fingerprint density at radius 2 is 1.94 bits per heavy atom. The highest BCUT2D eigenvalue weighted by Gasteiger charge is 2.21. The Labute approximate surface area is 108 Å². The van der Waals surface area contributed by atoms with E-state index in [4.69, 9.17) is 15.9 Å². The van der Waals surface area contributed by atoms with Crippen LogP contribution in [-0.4, -0.2) is 41.3 Å². The molecule has 0 aliphatic carbocycles. The summed E-state index contributed by atoms with van der Waals surface area (Å²) in [6, 6.07) is -1.03. The molecule has 0 rings (SSSR count). The number of hydrogen-bond donors (Lipinski definition) is 4. The molecule has 6 nitrogen and oxygen atoms in total. The predicted molar refractivity (Wildman–Crippen MR) is 67.9 cm³/mol. The molecule has 0 aromatic rings. The summed E-state index contributed by atoms with van der Waals surface area (Å²) in [5.74, 6) is -0.954. The zero-order valence-electron chi connectivity index (χ0n) is 11.1. The van der Waals surface area contributed by atoms with Gasteiger partial charge in [-0.2, -0.15) is 0 Å². The van der Waals surface area contributed by atoms with E-state index in [1.165, 1.54) is 0 Å². The minimum absolute atomic E-state index is 0.0124. The smallest absolute Gasteiger partial charge is 0.326 e. The van der Waals surface area contributed by atoms with Crippen LogP contribution < -0.4 is 11.1 Å². The average Bonchev–Trinajstić information content (AvgIpc) is 2.26. The molecule has 0 bridgehead atoms. The summed E-state index contributed by atoms with van der Waals surface area (Å²) in [4.78, 5) is 22.5. The predicted octanol–water partition coefficient (Wildman–Crippen LogP) is -0.0507. The lowest BCUT2D eigenvalue weighted by Crippen LogP contribution is -2.42. The lowest BCUT2D eigenvalue weighted by Gasteiger charge is -2.18. The molecule has 0 heterocycles. The Morgan fingerprint density at radius 1 is 1.33 bits per heavy atom. The van der Waals surface area contributed by atoms with E-state index in [0.29, 0.717) is 12.5 Å². The van der Waals surface area contributed by atoms with Gasteiger partial charge < -0.3 is 21.3 Å². The van der Waals surface area contributed by atoms with Crippen molar-refractivity contribution < 1.29 is 19.8 Å². The fourth-order valence-electron chi connectivity index (χ4n) is 1.83. The first-order valence-corrected chi connectivity index (χ1v) is 6.23. The maximum absolute atomic E-state index is 11.7. The molecule has 5 N–H and O–H groups in total. The second kappa shape index (κ2) is 8.88. The number of aliphatic hydroxyl groups excluding tert-OH is 1. The van der Waals surface area contributed by atoms with E-state index >= 15 is 0 Å². The summed E-state index contributed by atoms with van der Waals surface area (Å²) in [5, 5.41) is 20.0. The lowest BCUT2D eigenvalue weighted by molar-refractivity contribution is -0.142. The van der Waals surface area contributed by atoms with E-state index in [9.17, 15) is 9.59 Å². The zero-order valence-corrected chi connectivity index (χ0v) is 11.1. The van der Waals surface area contributed by atoms with Crippen LogP contribution in [0.2, 0.25) is 0 Å². The molecule has 0 saturated carbocycles. The number of carbonyl (C=O) groups is 2. The zero-order chi connectivity index (χ0) is 14.1. The van der Waals surface area contributed by atoms with Crippen molar-refractivity contribution in [1.29, 1.82) is 0 Å². The number of carboxylic acid groups (broad SMARTS) is 1. The lowest BCUT2D eigenvalue weighted by atomic mass is 9.94. The minimum atomic E-state index is -1.13. The molecule has 2 unspecified atom stereocenters. The maximum Gasteiger partial charge on any atom is 0.326 e. The van der Waals surface area contributed by atoms with Crippen molar-refractivity contribution in [2.75, 3.05) is 13.2 Å². The van der Waals surface area contributed by atoms with Gasteiger partial charge in [-0.1, -0.05) is 13.8 Å². The number of carbonyl (C=O) groups excluding carboxylic acids is 1. The van der Waals surface area contributed by atoms with Crippen LogP contribution in [0.15, 0.2) is 0 Å². The van der Waals surface area contributed by atoms with Crippen LogP contribution >= 0.6 is 0 Å². The second-order valence-corrected chi connectivity index (χ2v) is 4.91. The maximum atomic E-state index is 11.7. The Kier molecular flexibility index (Phi) is 8.32. The number of amides is 1. The van der Waals surface area contributed by atoms with E-state index in [0.717, 1.165) is 6.42 Å². The molecule has 18 heavy (non-hydrogen) atoms. The van der Waals surface area contributed by atoms with Gasteiger partial charge in [0.2, 0.25) is 5.91 Å². The van der Waals surface area contributed by atoms with E-state index in [2.05, 4.69) is 5.32 Å². The largest absolute Gasteiger partial charge is 0.480 e. The van der Waals surface area contributed by atoms with E-state index in [-0.39, 0.29) is 31.3 Å². The highest BCUT2D eigenvalue weighted by Crippen LogP contribution is 2.14. The summed E-state index contributed by atoms with van der Waals surface area (Å²) in [7, 11) is 0. The monoisotopic (exact) mass is 260 g/mol. The SMILES string of the molecule is CC(C)CC(CN)CC(=O)NC(CCO)C(=O)O. The molecule has 0 aliphatic rings. The van der Waals surface area contributed by atoms with Crippen molar-refractivity contribution in [1.82, 2.24) is 5.32 Å². The molecule has 0 radical (unpaired) electrons. The quantitative estimate of drug-likeness (QED) is 0.464. The summed E-state index contributed by atoms with van der Waals surface area (Å²) in [5.41, 5.74) is 5.58. The van der Waals surface area contributed by atoms with E-state index in [1.54, 1.807) is 0 Å². The Bertz CT molecular complexity index is 269. The molecule has 2 atom stereocenters. The number of nitrogens with one attached hydrogen (secondary N) is 1. The van der Waals surface area contributed by atoms with Crippen LogP contribution in [0.3, 0.4) is 0 Å². The molecular weight excluding hydrogens is 236 g/mol. The fraction of sp³-hybridized carbons (Fsp3) is 0.833. The third-order valence-corrected chi connectivity index (χ3v) is 2.66. The van der Waals surface area contributed by atoms with E-state index < -0.39 is 12.0 Å². The van der Waals surface area contributed by atoms with Gasteiger partial charge in [0, 0.05) is 19.4 Å². The summed E-state index contributed by atoms with van der Waals surface area (Å²) in [6.45, 7) is 4.23. The minimum Gasteiger partial charge on any atom is -0.480 e. The Balaban J connectivity index is 4.24. The van der Waals surface area contributed by atoms with Gasteiger partial charge >= 0.3 is 5.97 Å². The van der Waals surface area contributed by atoms with E-state index in [1.807, 2.05) is 13.8 Å². The van der Waals surface area contributed by atoms with Crippen molar-refractivity contribution in [3.63, 3.8) is 0 Å². The van der Waals surface area contributed by atoms with Crippen molar-refractivity contribution in [2.45, 2.75) is 39.2 Å². The van der Waals surface area contributed by atoms with Crippen molar-refractivity contribution in [2.24, 2.45) is 17.6 Å². The first-order valence-electron chi connectivity index (χ1n) is 6.23. The fourth-order valence-corrected chi connectivity index (χ4v) is 1.83. The number of hydrogen-bond acceptors (Lipinski definition) is 4. The Morgan fingerprint density at radius 3 is 2.33 bits per heavy atom. The van der Waals surface area contributed by atoms with Crippen LogP contribution in [-0.2, 0) is 9.59 Å². The average molecular weight is 260 g/mol. The number of nitrogens with two attached hydrogens (primary N) is 1. The third-order valence-electron chi connectivity index (χ3n) is 2.66. The molecule has 0 saturated heterocycles. The van der Waals surface area contributed by atoms with Crippen LogP contribution in [0.5, 0.6) is 0 Å². The molecular formula is C12H24N2O4. The normalized spacial score (nSPS) is 14.3. The standard InChI is InChI=1S/C12H24N2O4/c1-8(2)5-9(7-13)6-11(16)14-10(3-4-15)12(17)18/h8-10,15H,3-7,13H2,1-2H3,(H,14,16)(H,17,18). The number of carboxylic acids is 1. The van der Waals surface area contributed by atoms with Crippen molar-refractivity contribution in [3.05, 3.63) is 0 Å². The van der Waals surface area contributed by atoms with Crippen LogP contribution in [0.1, 0.15) is 33.1 Å². The highest BCUT2D eigenvalue weighted by atomic mass is 16.4. The van der Waals surface area contributed by atoms with Crippen LogP contribution in [0.4, 0.5) is 0 Å². The topological polar surface area (TPSA) is 113 Å². The second-order valence-electron chi connectivity index (χ2n) is 4.91. The number of aliphatic hydroxyl groups is 1. The molecule has 0 aromatic heterocycles. The molecule has 0 aliphatic heterocycles. The van der Waals surface area contributed by atoms with Gasteiger partial charge in [0.15, 0.2) is 0 Å². The van der Waals surface area contributed by atoms with Gasteiger partial charge in [0.05, 0.1) is 0 Å². The van der Waals surface area contributed by atoms with Gasteiger partial charge in [-0.15, -0.1) is 0 Å². The van der Waals surface area contributed by atoms with Crippen LogP contribution in [0.25, 0.3) is 0 Å². The molecule has 1 amide bonds. The number of aliphatic carboxylic acids is 1. The molecule has 0 fully saturated rings. The molecule has 0 spiro atoms. The summed E-state index contributed by atoms with van der Waals surface area (Å²) < 4.78 is 0. The van der Waals surface area contributed by atoms with Crippen molar-refractivity contribution >= 4 is 11.9 Å². The summed E-state index contributed by atoms with van der Waals surface area (Å²) >= 11 is 0. The van der Waals surface area contributed by atoms with Gasteiger partial charge in [-0.25, -0.2) is 4.79 Å². The van der Waals surface area contributed by atoms with Gasteiger partial charge in [0.1, 0.15) is 6.04 Å². The van der Waals surface area contributed by atoms with Gasteiger partial charge in [-0.3, -0.25) is 4.79 Å². The van der Waals surface area contributed by atoms with Gasteiger partial charge in [0.25, 0.3) is 0 Å². The summed E-state index contributed by atoms with van der Waals surface area (Å²) in [6.07, 6.45) is 1.07. The first-order chi connectivity index (χ1) is 8.40. The Hall–Kier alpha value is -1.14. The van der Waals surface area contributed by atoms with Gasteiger partial charge in [-0.05, 0) is 24.8 Å².